The molecule has 90 valence electrons. The Bertz CT molecular complexity index is 185. The van der Waals surface area contributed by atoms with Crippen LogP contribution in [0.2, 0.25) is 0 Å². The average Bonchev–Trinajstić information content (AvgIpc) is 2.40. The summed E-state index contributed by atoms with van der Waals surface area (Å²) < 4.78 is 0. The van der Waals surface area contributed by atoms with Gasteiger partial charge in [-0.2, -0.15) is 0 Å². The minimum absolute atomic E-state index is 0.0607. The van der Waals surface area contributed by atoms with Crippen molar-refractivity contribution in [2.45, 2.75) is 56.8 Å². The van der Waals surface area contributed by atoms with E-state index in [-0.39, 0.29) is 18.8 Å². The zero-order valence-corrected chi connectivity index (χ0v) is 9.45. The zero-order chi connectivity index (χ0) is 11.3. The van der Waals surface area contributed by atoms with E-state index in [0.29, 0.717) is 6.54 Å². The Kier molecular flexibility index (Phi) is 4.99. The Labute approximate surface area is 91.3 Å². The molecule has 0 aliphatic heterocycles. The Morgan fingerprint density at radius 3 is 2.60 bits per heavy atom. The Hall–Kier alpha value is -0.160. The van der Waals surface area contributed by atoms with E-state index < -0.39 is 5.60 Å². The van der Waals surface area contributed by atoms with E-state index in [9.17, 15) is 10.2 Å². The van der Waals surface area contributed by atoms with E-state index in [1.807, 2.05) is 0 Å². The van der Waals surface area contributed by atoms with Gasteiger partial charge in [0.15, 0.2) is 0 Å². The van der Waals surface area contributed by atoms with Crippen LogP contribution >= 0.6 is 0 Å². The van der Waals surface area contributed by atoms with Crippen LogP contribution in [0.4, 0.5) is 0 Å². The van der Waals surface area contributed by atoms with Crippen LogP contribution < -0.4 is 5.32 Å². The SMILES string of the molecule is CC(O)(CO)CNC1CCCCCC1O. The molecule has 0 saturated heterocycles. The van der Waals surface area contributed by atoms with Gasteiger partial charge in [-0.05, 0) is 19.8 Å². The maximum Gasteiger partial charge on any atom is 0.0972 e. The minimum atomic E-state index is -1.09. The lowest BCUT2D eigenvalue weighted by atomic mass is 10.0. The van der Waals surface area contributed by atoms with Gasteiger partial charge in [0.05, 0.1) is 18.3 Å². The summed E-state index contributed by atoms with van der Waals surface area (Å²) in [5.41, 5.74) is -1.09. The van der Waals surface area contributed by atoms with Gasteiger partial charge in [-0.1, -0.05) is 19.3 Å². The molecule has 1 saturated carbocycles. The Morgan fingerprint density at radius 1 is 1.27 bits per heavy atom. The highest BCUT2D eigenvalue weighted by Crippen LogP contribution is 2.18. The molecule has 4 nitrogen and oxygen atoms in total. The van der Waals surface area contributed by atoms with Gasteiger partial charge < -0.3 is 20.6 Å². The van der Waals surface area contributed by atoms with Crippen molar-refractivity contribution in [2.75, 3.05) is 13.2 Å². The number of aliphatic hydroxyl groups excluding tert-OH is 2. The molecule has 1 aliphatic carbocycles. The van der Waals surface area contributed by atoms with Gasteiger partial charge in [0.25, 0.3) is 0 Å². The summed E-state index contributed by atoms with van der Waals surface area (Å²) in [4.78, 5) is 0. The number of nitrogens with one attached hydrogen (secondary N) is 1. The van der Waals surface area contributed by atoms with Gasteiger partial charge in [0, 0.05) is 12.6 Å². The van der Waals surface area contributed by atoms with Crippen LogP contribution in [0.5, 0.6) is 0 Å². The zero-order valence-electron chi connectivity index (χ0n) is 9.45. The normalized spacial score (nSPS) is 32.0. The van der Waals surface area contributed by atoms with Crippen LogP contribution in [0.25, 0.3) is 0 Å². The van der Waals surface area contributed by atoms with Crippen LogP contribution in [0.3, 0.4) is 0 Å². The first-order chi connectivity index (χ1) is 7.05. The van der Waals surface area contributed by atoms with Crippen molar-refractivity contribution in [3.8, 4) is 0 Å². The second kappa shape index (κ2) is 5.80. The van der Waals surface area contributed by atoms with E-state index >= 15 is 0 Å². The topological polar surface area (TPSA) is 72.7 Å². The molecule has 1 aliphatic rings. The molecule has 0 amide bonds. The van der Waals surface area contributed by atoms with Crippen molar-refractivity contribution < 1.29 is 15.3 Å². The van der Waals surface area contributed by atoms with E-state index in [1.165, 1.54) is 6.42 Å². The molecule has 0 radical (unpaired) electrons. The van der Waals surface area contributed by atoms with Crippen molar-refractivity contribution in [1.82, 2.24) is 5.32 Å². The fourth-order valence-electron chi connectivity index (χ4n) is 1.93. The third-order valence-electron chi connectivity index (χ3n) is 3.07. The molecule has 0 aromatic carbocycles. The van der Waals surface area contributed by atoms with E-state index in [4.69, 9.17) is 5.11 Å². The summed E-state index contributed by atoms with van der Waals surface area (Å²) in [5.74, 6) is 0. The van der Waals surface area contributed by atoms with Crippen molar-refractivity contribution >= 4 is 0 Å². The lowest BCUT2D eigenvalue weighted by molar-refractivity contribution is -0.00431. The molecule has 3 unspecified atom stereocenters. The van der Waals surface area contributed by atoms with Gasteiger partial charge in [0.1, 0.15) is 0 Å². The van der Waals surface area contributed by atoms with Crippen LogP contribution in [0.15, 0.2) is 0 Å². The summed E-state index contributed by atoms with van der Waals surface area (Å²) >= 11 is 0. The fraction of sp³-hybridized carbons (Fsp3) is 1.00. The largest absolute Gasteiger partial charge is 0.393 e. The average molecular weight is 217 g/mol. The maximum atomic E-state index is 9.81. The first kappa shape index (κ1) is 12.9. The maximum absolute atomic E-state index is 9.81. The molecular weight excluding hydrogens is 194 g/mol. The molecular formula is C11H23NO3. The van der Waals surface area contributed by atoms with Crippen molar-refractivity contribution in [2.24, 2.45) is 0 Å². The molecule has 0 bridgehead atoms. The van der Waals surface area contributed by atoms with Crippen LogP contribution in [-0.2, 0) is 0 Å². The first-order valence-corrected chi connectivity index (χ1v) is 5.80. The fourth-order valence-corrected chi connectivity index (χ4v) is 1.93. The Morgan fingerprint density at radius 2 is 1.93 bits per heavy atom. The van der Waals surface area contributed by atoms with Gasteiger partial charge in [-0.3, -0.25) is 0 Å². The second-order valence-corrected chi connectivity index (χ2v) is 4.85. The van der Waals surface area contributed by atoms with E-state index in [1.54, 1.807) is 6.92 Å². The highest BCUT2D eigenvalue weighted by molar-refractivity contribution is 4.83. The number of aliphatic hydroxyl groups is 3. The van der Waals surface area contributed by atoms with E-state index in [0.717, 1.165) is 25.7 Å². The monoisotopic (exact) mass is 217 g/mol. The number of hydrogen-bond acceptors (Lipinski definition) is 4. The summed E-state index contributed by atoms with van der Waals surface area (Å²) in [6, 6.07) is 0.0607. The summed E-state index contributed by atoms with van der Waals surface area (Å²) in [7, 11) is 0. The highest BCUT2D eigenvalue weighted by Gasteiger charge is 2.25. The van der Waals surface area contributed by atoms with Gasteiger partial charge in [-0.15, -0.1) is 0 Å². The van der Waals surface area contributed by atoms with Crippen molar-refractivity contribution in [1.29, 1.82) is 0 Å². The number of hydrogen-bond donors (Lipinski definition) is 4. The molecule has 1 rings (SSSR count). The summed E-state index contributed by atoms with van der Waals surface area (Å²) in [6.07, 6.45) is 4.83. The summed E-state index contributed by atoms with van der Waals surface area (Å²) in [5, 5.41) is 31.5. The molecule has 1 fully saturated rings. The molecule has 0 aromatic heterocycles. The molecule has 4 N–H and O–H groups in total. The molecule has 3 atom stereocenters. The van der Waals surface area contributed by atoms with E-state index in [2.05, 4.69) is 5.32 Å². The lowest BCUT2D eigenvalue weighted by Crippen LogP contribution is -2.48. The quantitative estimate of drug-likeness (QED) is 0.501. The number of rotatable bonds is 4. The standard InChI is InChI=1S/C11H23NO3/c1-11(15,8-13)7-12-9-5-3-2-4-6-10(9)14/h9-10,12-15H,2-8H2,1H3. The molecule has 0 heterocycles. The Balaban J connectivity index is 2.35. The lowest BCUT2D eigenvalue weighted by Gasteiger charge is -2.27. The smallest absolute Gasteiger partial charge is 0.0972 e. The minimum Gasteiger partial charge on any atom is -0.393 e. The first-order valence-electron chi connectivity index (χ1n) is 5.80. The highest BCUT2D eigenvalue weighted by atomic mass is 16.3. The van der Waals surface area contributed by atoms with Gasteiger partial charge >= 0.3 is 0 Å². The molecule has 4 heteroatoms. The van der Waals surface area contributed by atoms with Crippen LogP contribution in [0, 0.1) is 0 Å². The van der Waals surface area contributed by atoms with Gasteiger partial charge in [0.2, 0.25) is 0 Å². The van der Waals surface area contributed by atoms with Crippen molar-refractivity contribution in [3.05, 3.63) is 0 Å². The third-order valence-corrected chi connectivity index (χ3v) is 3.07. The summed E-state index contributed by atoms with van der Waals surface area (Å²) in [6.45, 7) is 1.65. The second-order valence-electron chi connectivity index (χ2n) is 4.85. The predicted octanol–water partition coefficient (Wildman–Crippen LogP) is 0.0129. The predicted molar refractivity (Wildman–Crippen MR) is 58.6 cm³/mol. The third kappa shape index (κ3) is 4.47. The molecule has 0 spiro atoms. The molecule has 15 heavy (non-hydrogen) atoms. The van der Waals surface area contributed by atoms with Crippen LogP contribution in [0.1, 0.15) is 39.0 Å². The van der Waals surface area contributed by atoms with Crippen molar-refractivity contribution in [3.63, 3.8) is 0 Å². The van der Waals surface area contributed by atoms with Crippen LogP contribution in [-0.4, -0.2) is 46.2 Å². The van der Waals surface area contributed by atoms with Gasteiger partial charge in [-0.25, -0.2) is 0 Å². The molecule has 0 aromatic rings.